The Morgan fingerprint density at radius 3 is 2.46 bits per heavy atom. The number of aromatic nitrogens is 3. The molecular weight excluding hydrogens is 350 g/mol. The number of benzene rings is 2. The summed E-state index contributed by atoms with van der Waals surface area (Å²) in [6, 6.07) is 15.2. The normalized spacial score (nSPS) is 10.7. The van der Waals surface area contributed by atoms with Crippen molar-refractivity contribution in [2.45, 2.75) is 18.4 Å². The molecule has 0 saturated heterocycles. The number of hydrogen-bond donors (Lipinski definition) is 0. The topological polar surface area (TPSA) is 58.3 Å². The minimum absolute atomic E-state index is 0.140. The third kappa shape index (κ3) is 3.94. The summed E-state index contributed by atoms with van der Waals surface area (Å²) in [5.41, 5.74) is 0.581. The van der Waals surface area contributed by atoms with Crippen LogP contribution in [0, 0.1) is 6.92 Å². The van der Waals surface area contributed by atoms with Gasteiger partial charge in [0.05, 0.1) is 19.9 Å². The van der Waals surface area contributed by atoms with Gasteiger partial charge in [-0.1, -0.05) is 6.07 Å². The molecule has 1 heterocycles. The predicted octanol–water partition coefficient (Wildman–Crippen LogP) is 3.15. The minimum atomic E-state index is -0.140. The zero-order valence-electron chi connectivity index (χ0n) is 15.0. The molecule has 0 saturated carbocycles. The molecule has 0 spiro atoms. The molecule has 1 aromatic heterocycles. The van der Waals surface area contributed by atoms with Crippen LogP contribution >= 0.6 is 11.8 Å². The Kier molecular flexibility index (Phi) is 5.68. The second-order valence-electron chi connectivity index (χ2n) is 5.62. The fraction of sp³-hybridized carbons (Fsp3) is 0.263. The third-order valence-electron chi connectivity index (χ3n) is 3.99. The van der Waals surface area contributed by atoms with Crippen molar-refractivity contribution in [3.63, 3.8) is 0 Å². The Morgan fingerprint density at radius 2 is 1.77 bits per heavy atom. The average molecular weight is 371 g/mol. The van der Waals surface area contributed by atoms with Crippen LogP contribution in [0.25, 0.3) is 5.69 Å². The molecular formula is C19H21N3O3S. The first-order valence-electron chi connectivity index (χ1n) is 8.20. The Balaban J connectivity index is 1.72. The average Bonchev–Trinajstić information content (AvgIpc) is 2.96. The van der Waals surface area contributed by atoms with E-state index in [2.05, 4.69) is 5.10 Å². The van der Waals surface area contributed by atoms with E-state index in [1.807, 2.05) is 55.5 Å². The van der Waals surface area contributed by atoms with Crippen molar-refractivity contribution in [3.05, 3.63) is 64.8 Å². The highest BCUT2D eigenvalue weighted by Crippen LogP contribution is 2.23. The lowest BCUT2D eigenvalue weighted by Crippen LogP contribution is -2.25. The number of methoxy groups -OCH3 is 2. The van der Waals surface area contributed by atoms with Crippen LogP contribution in [0.15, 0.2) is 58.2 Å². The van der Waals surface area contributed by atoms with E-state index in [0.29, 0.717) is 12.4 Å². The highest BCUT2D eigenvalue weighted by Gasteiger charge is 2.11. The minimum Gasteiger partial charge on any atom is -0.497 e. The van der Waals surface area contributed by atoms with E-state index in [1.54, 1.807) is 30.5 Å². The first kappa shape index (κ1) is 18.1. The fourth-order valence-corrected chi connectivity index (χ4v) is 3.47. The molecule has 0 N–H and O–H groups in total. The van der Waals surface area contributed by atoms with Crippen molar-refractivity contribution < 1.29 is 9.47 Å². The maximum Gasteiger partial charge on any atom is 0.350 e. The van der Waals surface area contributed by atoms with E-state index >= 15 is 0 Å². The van der Waals surface area contributed by atoms with Gasteiger partial charge in [0, 0.05) is 17.2 Å². The molecule has 0 unspecified atom stereocenters. The van der Waals surface area contributed by atoms with Crippen LogP contribution in [0.5, 0.6) is 11.5 Å². The number of hydrogen-bond acceptors (Lipinski definition) is 5. The van der Waals surface area contributed by atoms with Crippen molar-refractivity contribution in [1.82, 2.24) is 14.3 Å². The Morgan fingerprint density at radius 1 is 1.04 bits per heavy atom. The lowest BCUT2D eigenvalue weighted by Gasteiger charge is -2.05. The van der Waals surface area contributed by atoms with Crippen molar-refractivity contribution in [1.29, 1.82) is 0 Å². The first-order chi connectivity index (χ1) is 12.6. The van der Waals surface area contributed by atoms with Gasteiger partial charge in [0.2, 0.25) is 0 Å². The van der Waals surface area contributed by atoms with Crippen molar-refractivity contribution >= 4 is 11.8 Å². The lowest BCUT2D eigenvalue weighted by atomic mass is 10.3. The van der Waals surface area contributed by atoms with Crippen LogP contribution in [0.2, 0.25) is 0 Å². The summed E-state index contributed by atoms with van der Waals surface area (Å²) in [6.07, 6.45) is 0. The summed E-state index contributed by atoms with van der Waals surface area (Å²) < 4.78 is 13.5. The zero-order valence-corrected chi connectivity index (χ0v) is 15.8. The monoisotopic (exact) mass is 371 g/mol. The van der Waals surface area contributed by atoms with E-state index in [4.69, 9.17) is 9.47 Å². The number of nitrogens with zero attached hydrogens (tertiary/aromatic N) is 3. The van der Waals surface area contributed by atoms with Gasteiger partial charge in [-0.15, -0.1) is 11.8 Å². The molecule has 3 aromatic rings. The third-order valence-corrected chi connectivity index (χ3v) is 4.96. The lowest BCUT2D eigenvalue weighted by molar-refractivity contribution is 0.413. The van der Waals surface area contributed by atoms with Gasteiger partial charge >= 0.3 is 5.69 Å². The van der Waals surface area contributed by atoms with Gasteiger partial charge in [0.15, 0.2) is 0 Å². The molecule has 26 heavy (non-hydrogen) atoms. The van der Waals surface area contributed by atoms with E-state index in [1.165, 1.54) is 4.68 Å². The van der Waals surface area contributed by atoms with Crippen molar-refractivity contribution in [2.24, 2.45) is 0 Å². The molecule has 136 valence electrons. The van der Waals surface area contributed by atoms with Crippen LogP contribution in [-0.4, -0.2) is 34.3 Å². The number of rotatable bonds is 7. The maximum absolute atomic E-state index is 12.7. The summed E-state index contributed by atoms with van der Waals surface area (Å²) in [7, 11) is 3.26. The number of thioether (sulfide) groups is 1. The van der Waals surface area contributed by atoms with E-state index in [-0.39, 0.29) is 5.69 Å². The Bertz CT molecular complexity index is 932. The fourth-order valence-electron chi connectivity index (χ4n) is 2.59. The summed E-state index contributed by atoms with van der Waals surface area (Å²) in [5.74, 6) is 3.03. The van der Waals surface area contributed by atoms with Crippen LogP contribution in [-0.2, 0) is 6.54 Å². The smallest absolute Gasteiger partial charge is 0.350 e. The summed E-state index contributed by atoms with van der Waals surface area (Å²) in [4.78, 5) is 13.8. The quantitative estimate of drug-likeness (QED) is 0.597. The van der Waals surface area contributed by atoms with Crippen LogP contribution in [0.1, 0.15) is 5.82 Å². The molecule has 0 amide bonds. The second kappa shape index (κ2) is 8.14. The molecule has 3 rings (SSSR count). The van der Waals surface area contributed by atoms with Gasteiger partial charge in [0.25, 0.3) is 0 Å². The van der Waals surface area contributed by atoms with Gasteiger partial charge in [0.1, 0.15) is 17.3 Å². The standard InChI is InChI=1S/C19H21N3O3S/c1-14-20-22(15-7-9-16(24-2)10-8-15)19(23)21(14)11-12-26-18-6-4-5-17(13-18)25-3/h4-10,13H,11-12H2,1-3H3. The molecule has 0 aliphatic rings. The molecule has 0 fully saturated rings. The summed E-state index contributed by atoms with van der Waals surface area (Å²) >= 11 is 1.68. The van der Waals surface area contributed by atoms with Crippen LogP contribution in [0.3, 0.4) is 0 Å². The van der Waals surface area contributed by atoms with Gasteiger partial charge in [-0.3, -0.25) is 4.57 Å². The van der Waals surface area contributed by atoms with Crippen LogP contribution in [0.4, 0.5) is 0 Å². The highest BCUT2D eigenvalue weighted by atomic mass is 32.2. The number of ether oxygens (including phenoxy) is 2. The molecule has 0 atom stereocenters. The van der Waals surface area contributed by atoms with E-state index in [9.17, 15) is 4.79 Å². The maximum atomic E-state index is 12.7. The largest absolute Gasteiger partial charge is 0.497 e. The predicted molar refractivity (Wildman–Crippen MR) is 103 cm³/mol. The highest BCUT2D eigenvalue weighted by molar-refractivity contribution is 7.99. The molecule has 0 radical (unpaired) electrons. The Labute approximate surface area is 156 Å². The summed E-state index contributed by atoms with van der Waals surface area (Å²) in [5, 5.41) is 4.39. The summed E-state index contributed by atoms with van der Waals surface area (Å²) in [6.45, 7) is 2.43. The SMILES string of the molecule is COc1ccc(-n2nc(C)n(CCSc3cccc(OC)c3)c2=O)cc1. The molecule has 0 aliphatic carbocycles. The number of aryl methyl sites for hydroxylation is 1. The van der Waals surface area contributed by atoms with E-state index in [0.717, 1.165) is 27.8 Å². The van der Waals surface area contributed by atoms with Gasteiger partial charge in [-0.2, -0.15) is 9.78 Å². The molecule has 7 heteroatoms. The van der Waals surface area contributed by atoms with Gasteiger partial charge < -0.3 is 9.47 Å². The van der Waals surface area contributed by atoms with Crippen molar-refractivity contribution in [2.75, 3.05) is 20.0 Å². The van der Waals surface area contributed by atoms with Gasteiger partial charge in [-0.25, -0.2) is 4.79 Å². The second-order valence-corrected chi connectivity index (χ2v) is 6.79. The van der Waals surface area contributed by atoms with E-state index < -0.39 is 0 Å². The Hall–Kier alpha value is -2.67. The molecule has 2 aromatic carbocycles. The molecule has 0 bridgehead atoms. The molecule has 6 nitrogen and oxygen atoms in total. The zero-order chi connectivity index (χ0) is 18.5. The van der Waals surface area contributed by atoms with Crippen molar-refractivity contribution in [3.8, 4) is 17.2 Å². The molecule has 0 aliphatic heterocycles. The van der Waals surface area contributed by atoms with Crippen LogP contribution < -0.4 is 15.2 Å². The first-order valence-corrected chi connectivity index (χ1v) is 9.18. The van der Waals surface area contributed by atoms with Gasteiger partial charge in [-0.05, 0) is 49.4 Å².